The van der Waals surface area contributed by atoms with Crippen molar-refractivity contribution in [2.45, 2.75) is 33.7 Å². The number of hydrogen-bond acceptors (Lipinski definition) is 2. The average Bonchev–Trinajstić information content (AvgIpc) is 1.92. The van der Waals surface area contributed by atoms with E-state index >= 15 is 0 Å². The number of rotatable bonds is 0. The van der Waals surface area contributed by atoms with Crippen molar-refractivity contribution in [2.75, 3.05) is 7.05 Å². The lowest BCUT2D eigenvalue weighted by molar-refractivity contribution is 0.386. The van der Waals surface area contributed by atoms with Crippen LogP contribution < -0.4 is 0 Å². The zero-order chi connectivity index (χ0) is 9.35. The van der Waals surface area contributed by atoms with Crippen LogP contribution in [0.1, 0.15) is 27.7 Å². The summed E-state index contributed by atoms with van der Waals surface area (Å²) < 4.78 is 0. The van der Waals surface area contributed by atoms with Gasteiger partial charge in [0.05, 0.1) is 0 Å². The van der Waals surface area contributed by atoms with Crippen LogP contribution in [0.15, 0.2) is 17.3 Å². The Labute approximate surface area is 75.0 Å². The fourth-order valence-corrected chi connectivity index (χ4v) is 1.37. The Morgan fingerprint density at radius 3 is 2.42 bits per heavy atom. The van der Waals surface area contributed by atoms with E-state index in [1.165, 1.54) is 0 Å². The maximum absolute atomic E-state index is 4.39. The van der Waals surface area contributed by atoms with E-state index in [0.717, 1.165) is 5.84 Å². The Balaban J connectivity index is 2.90. The van der Waals surface area contributed by atoms with Crippen LogP contribution in [-0.4, -0.2) is 23.8 Å². The molecule has 1 aliphatic rings. The molecule has 0 bridgehead atoms. The first-order chi connectivity index (χ1) is 5.43. The fraction of sp³-hybridized carbons (Fsp3) is 0.700. The van der Waals surface area contributed by atoms with Crippen LogP contribution in [0.3, 0.4) is 0 Å². The summed E-state index contributed by atoms with van der Waals surface area (Å²) in [5.41, 5.74) is 0.147. The smallest absolute Gasteiger partial charge is 0.110 e. The summed E-state index contributed by atoms with van der Waals surface area (Å²) in [4.78, 5) is 6.62. The zero-order valence-electron chi connectivity index (χ0n) is 8.63. The number of aliphatic imine (C=N–C) groups is 1. The highest BCUT2D eigenvalue weighted by atomic mass is 15.2. The predicted molar refractivity (Wildman–Crippen MR) is 53.3 cm³/mol. The van der Waals surface area contributed by atoms with Crippen molar-refractivity contribution in [2.24, 2.45) is 10.4 Å². The van der Waals surface area contributed by atoms with Crippen molar-refractivity contribution in [1.82, 2.24) is 4.90 Å². The lowest BCUT2D eigenvalue weighted by Gasteiger charge is -2.35. The maximum Gasteiger partial charge on any atom is 0.110 e. The molecule has 1 aliphatic heterocycles. The monoisotopic (exact) mass is 166 g/mol. The number of likely N-dealkylation sites (N-methyl/N-ethyl adjacent to an activating group) is 1. The first-order valence-electron chi connectivity index (χ1n) is 4.40. The van der Waals surface area contributed by atoms with Crippen molar-refractivity contribution in [3.8, 4) is 0 Å². The lowest BCUT2D eigenvalue weighted by Crippen LogP contribution is -2.42. The van der Waals surface area contributed by atoms with Gasteiger partial charge in [-0.2, -0.15) is 0 Å². The second-order valence-electron chi connectivity index (χ2n) is 4.40. The summed E-state index contributed by atoms with van der Waals surface area (Å²) in [6.07, 6.45) is 4.01. The summed E-state index contributed by atoms with van der Waals surface area (Å²) >= 11 is 0. The molecule has 1 rings (SSSR count). The molecular weight excluding hydrogens is 148 g/mol. The van der Waals surface area contributed by atoms with Gasteiger partial charge in [-0.05, 0) is 13.0 Å². The largest absolute Gasteiger partial charge is 0.356 e. The van der Waals surface area contributed by atoms with Gasteiger partial charge < -0.3 is 4.90 Å². The molecule has 1 heterocycles. The highest BCUT2D eigenvalue weighted by Gasteiger charge is 2.25. The molecule has 0 saturated heterocycles. The van der Waals surface area contributed by atoms with E-state index in [-0.39, 0.29) is 5.41 Å². The Kier molecular flexibility index (Phi) is 2.27. The summed E-state index contributed by atoms with van der Waals surface area (Å²) in [6.45, 7) is 8.74. The Morgan fingerprint density at radius 2 is 2.00 bits per heavy atom. The number of amidine groups is 1. The van der Waals surface area contributed by atoms with E-state index in [9.17, 15) is 0 Å². The highest BCUT2D eigenvalue weighted by molar-refractivity contribution is 5.88. The molecule has 0 saturated carbocycles. The van der Waals surface area contributed by atoms with E-state index in [0.29, 0.717) is 6.04 Å². The third kappa shape index (κ3) is 1.68. The minimum absolute atomic E-state index is 0.147. The van der Waals surface area contributed by atoms with E-state index < -0.39 is 0 Å². The van der Waals surface area contributed by atoms with Gasteiger partial charge in [-0.15, -0.1) is 0 Å². The third-order valence-electron chi connectivity index (χ3n) is 2.18. The van der Waals surface area contributed by atoms with Gasteiger partial charge in [-0.25, -0.2) is 4.99 Å². The van der Waals surface area contributed by atoms with Gasteiger partial charge in [0.2, 0.25) is 0 Å². The van der Waals surface area contributed by atoms with Gasteiger partial charge in [0.15, 0.2) is 0 Å². The van der Waals surface area contributed by atoms with Gasteiger partial charge in [0.1, 0.15) is 5.84 Å². The van der Waals surface area contributed by atoms with Gasteiger partial charge in [-0.3, -0.25) is 0 Å². The Hall–Kier alpha value is -0.790. The molecule has 2 heteroatoms. The third-order valence-corrected chi connectivity index (χ3v) is 2.18. The average molecular weight is 166 g/mol. The van der Waals surface area contributed by atoms with Crippen molar-refractivity contribution in [3.05, 3.63) is 12.3 Å². The normalized spacial score (nSPS) is 24.2. The molecule has 0 amide bonds. The van der Waals surface area contributed by atoms with E-state index in [2.05, 4.69) is 50.7 Å². The van der Waals surface area contributed by atoms with Crippen molar-refractivity contribution >= 4 is 5.84 Å². The molecule has 0 fully saturated rings. The minimum Gasteiger partial charge on any atom is -0.356 e. The van der Waals surface area contributed by atoms with Crippen LogP contribution in [0.2, 0.25) is 0 Å². The Morgan fingerprint density at radius 1 is 1.42 bits per heavy atom. The van der Waals surface area contributed by atoms with E-state index in [4.69, 9.17) is 0 Å². The molecule has 1 unspecified atom stereocenters. The SMILES string of the molecule is CC1C=CN=C(C(C)(C)C)N1C. The molecule has 0 aromatic rings. The van der Waals surface area contributed by atoms with Crippen LogP contribution in [0.25, 0.3) is 0 Å². The molecule has 0 aromatic carbocycles. The molecule has 12 heavy (non-hydrogen) atoms. The van der Waals surface area contributed by atoms with Crippen molar-refractivity contribution in [3.63, 3.8) is 0 Å². The molecule has 1 atom stereocenters. The second kappa shape index (κ2) is 2.92. The first kappa shape index (κ1) is 9.30. The fourth-order valence-electron chi connectivity index (χ4n) is 1.37. The molecule has 0 aliphatic carbocycles. The molecular formula is C10H18N2. The highest BCUT2D eigenvalue weighted by Crippen LogP contribution is 2.22. The van der Waals surface area contributed by atoms with E-state index in [1.54, 1.807) is 0 Å². The molecule has 0 N–H and O–H groups in total. The molecule has 0 radical (unpaired) electrons. The predicted octanol–water partition coefficient (Wildman–Crippen LogP) is 2.28. The molecule has 0 aromatic heterocycles. The Bertz CT molecular complexity index is 220. The standard InChI is InChI=1S/C10H18N2/c1-8-6-7-11-9(12(8)5)10(2,3)4/h6-8H,1-5H3. The number of hydrogen-bond donors (Lipinski definition) is 0. The topological polar surface area (TPSA) is 15.6 Å². The van der Waals surface area contributed by atoms with Crippen LogP contribution in [0.5, 0.6) is 0 Å². The number of nitrogens with zero attached hydrogens (tertiary/aromatic N) is 2. The lowest BCUT2D eigenvalue weighted by atomic mass is 9.93. The van der Waals surface area contributed by atoms with Gasteiger partial charge in [0.25, 0.3) is 0 Å². The van der Waals surface area contributed by atoms with Gasteiger partial charge >= 0.3 is 0 Å². The minimum atomic E-state index is 0.147. The quantitative estimate of drug-likeness (QED) is 0.539. The van der Waals surface area contributed by atoms with Crippen LogP contribution in [0.4, 0.5) is 0 Å². The molecule has 2 nitrogen and oxygen atoms in total. The van der Waals surface area contributed by atoms with E-state index in [1.807, 2.05) is 6.20 Å². The van der Waals surface area contributed by atoms with Crippen molar-refractivity contribution in [1.29, 1.82) is 0 Å². The van der Waals surface area contributed by atoms with Crippen LogP contribution in [0, 0.1) is 5.41 Å². The second-order valence-corrected chi connectivity index (χ2v) is 4.40. The van der Waals surface area contributed by atoms with Crippen LogP contribution in [-0.2, 0) is 0 Å². The molecule has 68 valence electrons. The molecule has 0 spiro atoms. The van der Waals surface area contributed by atoms with Crippen molar-refractivity contribution < 1.29 is 0 Å². The summed E-state index contributed by atoms with van der Waals surface area (Å²) in [7, 11) is 2.10. The summed E-state index contributed by atoms with van der Waals surface area (Å²) in [5, 5.41) is 0. The van der Waals surface area contributed by atoms with Crippen LogP contribution >= 0.6 is 0 Å². The zero-order valence-corrected chi connectivity index (χ0v) is 8.63. The van der Waals surface area contributed by atoms with Gasteiger partial charge in [-0.1, -0.05) is 20.8 Å². The first-order valence-corrected chi connectivity index (χ1v) is 4.40. The summed E-state index contributed by atoms with van der Waals surface area (Å²) in [5.74, 6) is 1.16. The van der Waals surface area contributed by atoms with Gasteiger partial charge in [0, 0.05) is 24.7 Å². The maximum atomic E-state index is 4.39. The summed E-state index contributed by atoms with van der Waals surface area (Å²) in [6, 6.07) is 0.469.